The Morgan fingerprint density at radius 3 is 2.38 bits per heavy atom. The normalized spacial score (nSPS) is 10.3. The van der Waals surface area contributed by atoms with Crippen LogP contribution in [0.4, 0.5) is 0 Å². The molecule has 0 spiro atoms. The van der Waals surface area contributed by atoms with Crippen LogP contribution in [0.3, 0.4) is 0 Å². The Morgan fingerprint density at radius 1 is 1.08 bits per heavy atom. The summed E-state index contributed by atoms with van der Waals surface area (Å²) in [7, 11) is 0. The molecule has 0 aliphatic rings. The maximum Gasteiger partial charge on any atom is 0.257 e. The molecule has 0 radical (unpaired) electrons. The summed E-state index contributed by atoms with van der Waals surface area (Å²) in [5, 5.41) is 11.6. The summed E-state index contributed by atoms with van der Waals surface area (Å²) in [5.74, 6) is 0.726. The number of thioether (sulfide) groups is 1. The van der Waals surface area contributed by atoms with Crippen LogP contribution >= 0.6 is 11.8 Å². The highest BCUT2D eigenvalue weighted by Crippen LogP contribution is 2.35. The van der Waals surface area contributed by atoms with Crippen LogP contribution in [0, 0.1) is 11.3 Å². The Hall–Kier alpha value is -3.04. The van der Waals surface area contributed by atoms with Crippen molar-refractivity contribution in [3.63, 3.8) is 0 Å². The molecular weight excluding hydrogens is 346 g/mol. The number of nitrogens with zero attached hydrogens (tertiary/aromatic N) is 2. The minimum absolute atomic E-state index is 0.147. The van der Waals surface area contributed by atoms with Crippen LogP contribution < -0.4 is 5.32 Å². The quantitative estimate of drug-likeness (QED) is 0.504. The van der Waals surface area contributed by atoms with Gasteiger partial charge in [-0.1, -0.05) is 72.4 Å². The molecule has 130 valence electrons. The van der Waals surface area contributed by atoms with E-state index in [1.807, 2.05) is 66.7 Å². The number of carbonyl (C=O) groups excluding carboxylic acids is 1. The summed E-state index contributed by atoms with van der Waals surface area (Å²) in [6.07, 6.45) is 0.297. The molecule has 0 unspecified atom stereocenters. The van der Waals surface area contributed by atoms with Crippen molar-refractivity contribution in [3.8, 4) is 28.7 Å². The number of benzene rings is 2. The predicted octanol–water partition coefficient (Wildman–Crippen LogP) is 4.13. The molecule has 1 amide bonds. The van der Waals surface area contributed by atoms with Gasteiger partial charge in [0, 0.05) is 17.7 Å². The van der Waals surface area contributed by atoms with Crippen molar-refractivity contribution in [2.75, 3.05) is 12.3 Å². The fourth-order valence-electron chi connectivity index (χ4n) is 2.38. The lowest BCUT2D eigenvalue weighted by Gasteiger charge is -2.00. The molecule has 0 aliphatic carbocycles. The Balaban J connectivity index is 1.81. The third kappa shape index (κ3) is 4.52. The van der Waals surface area contributed by atoms with Gasteiger partial charge in [0.1, 0.15) is 5.69 Å². The van der Waals surface area contributed by atoms with Gasteiger partial charge in [0.05, 0.1) is 18.2 Å². The third-order valence-electron chi connectivity index (χ3n) is 3.58. The van der Waals surface area contributed by atoms with Crippen molar-refractivity contribution in [2.24, 2.45) is 0 Å². The molecular formula is C20H17N3O2S. The van der Waals surface area contributed by atoms with Crippen molar-refractivity contribution in [1.29, 1.82) is 5.26 Å². The zero-order chi connectivity index (χ0) is 18.2. The van der Waals surface area contributed by atoms with Crippen molar-refractivity contribution in [3.05, 3.63) is 60.7 Å². The van der Waals surface area contributed by atoms with Gasteiger partial charge in [-0.25, -0.2) is 4.98 Å². The fraction of sp³-hybridized carbons (Fsp3) is 0.150. The first-order chi connectivity index (χ1) is 12.8. The average molecular weight is 363 g/mol. The van der Waals surface area contributed by atoms with Crippen LogP contribution in [0.5, 0.6) is 0 Å². The van der Waals surface area contributed by atoms with Crippen LogP contribution in [0.2, 0.25) is 0 Å². The number of rotatable bonds is 7. The first-order valence-electron chi connectivity index (χ1n) is 8.16. The van der Waals surface area contributed by atoms with E-state index in [1.54, 1.807) is 0 Å². The van der Waals surface area contributed by atoms with Crippen LogP contribution in [-0.4, -0.2) is 23.2 Å². The number of oxazole rings is 1. The van der Waals surface area contributed by atoms with Gasteiger partial charge < -0.3 is 9.73 Å². The van der Waals surface area contributed by atoms with Gasteiger partial charge in [-0.3, -0.25) is 4.79 Å². The molecule has 1 N–H and O–H groups in total. The predicted molar refractivity (Wildman–Crippen MR) is 101 cm³/mol. The summed E-state index contributed by atoms with van der Waals surface area (Å²) in [4.78, 5) is 16.4. The summed E-state index contributed by atoms with van der Waals surface area (Å²) in [5.41, 5.74) is 2.65. The van der Waals surface area contributed by atoms with Crippen LogP contribution in [0.25, 0.3) is 22.6 Å². The second-order valence-corrected chi connectivity index (χ2v) is 6.36. The highest BCUT2D eigenvalue weighted by atomic mass is 32.2. The summed E-state index contributed by atoms with van der Waals surface area (Å²) < 4.78 is 5.95. The van der Waals surface area contributed by atoms with Gasteiger partial charge >= 0.3 is 0 Å². The molecule has 5 nitrogen and oxygen atoms in total. The smallest absolute Gasteiger partial charge is 0.257 e. The summed E-state index contributed by atoms with van der Waals surface area (Å²) in [6.45, 7) is 0.353. The Bertz CT molecular complexity index is 845. The largest absolute Gasteiger partial charge is 0.431 e. The molecule has 0 bridgehead atoms. The average Bonchev–Trinajstić information content (AvgIpc) is 3.12. The Morgan fingerprint density at radius 2 is 1.73 bits per heavy atom. The van der Waals surface area contributed by atoms with E-state index in [2.05, 4.69) is 10.3 Å². The number of hydrogen-bond acceptors (Lipinski definition) is 5. The van der Waals surface area contributed by atoms with Crippen LogP contribution in [0.1, 0.15) is 6.42 Å². The zero-order valence-electron chi connectivity index (χ0n) is 14.0. The van der Waals surface area contributed by atoms with E-state index in [0.717, 1.165) is 16.8 Å². The van der Waals surface area contributed by atoms with E-state index < -0.39 is 0 Å². The molecule has 3 aromatic rings. The van der Waals surface area contributed by atoms with Crippen LogP contribution in [0.15, 0.2) is 70.3 Å². The van der Waals surface area contributed by atoms with Gasteiger partial charge in [-0.05, 0) is 0 Å². The van der Waals surface area contributed by atoms with Gasteiger partial charge in [-0.2, -0.15) is 5.26 Å². The second-order valence-electron chi connectivity index (χ2n) is 5.44. The van der Waals surface area contributed by atoms with Crippen molar-refractivity contribution in [2.45, 2.75) is 11.6 Å². The summed E-state index contributed by atoms with van der Waals surface area (Å²) in [6, 6.07) is 21.6. The van der Waals surface area contributed by atoms with E-state index in [4.69, 9.17) is 9.68 Å². The van der Waals surface area contributed by atoms with Gasteiger partial charge in [0.15, 0.2) is 5.76 Å². The molecule has 0 aliphatic heterocycles. The number of carbonyl (C=O) groups is 1. The molecule has 0 saturated carbocycles. The first-order valence-corrected chi connectivity index (χ1v) is 9.14. The van der Waals surface area contributed by atoms with Crippen molar-refractivity contribution in [1.82, 2.24) is 10.3 Å². The standard InChI is InChI=1S/C20H17N3O2S/c21-12-7-13-22-17(24)14-26-20-23-18(15-8-3-1-4-9-15)19(25-20)16-10-5-2-6-11-16/h1-6,8-11H,7,13-14H2,(H,22,24). The lowest BCUT2D eigenvalue weighted by molar-refractivity contribution is -0.118. The molecule has 26 heavy (non-hydrogen) atoms. The van der Waals surface area contributed by atoms with Gasteiger partial charge in [0.25, 0.3) is 5.22 Å². The zero-order valence-corrected chi connectivity index (χ0v) is 14.8. The van der Waals surface area contributed by atoms with E-state index in [1.165, 1.54) is 11.8 Å². The molecule has 1 aromatic heterocycles. The van der Waals surface area contributed by atoms with E-state index in [0.29, 0.717) is 23.9 Å². The minimum Gasteiger partial charge on any atom is -0.431 e. The van der Waals surface area contributed by atoms with E-state index in [-0.39, 0.29) is 11.7 Å². The fourth-order valence-corrected chi connectivity index (χ4v) is 3.03. The molecule has 1 heterocycles. The van der Waals surface area contributed by atoms with Crippen molar-refractivity contribution >= 4 is 17.7 Å². The highest BCUT2D eigenvalue weighted by molar-refractivity contribution is 7.99. The van der Waals surface area contributed by atoms with E-state index in [9.17, 15) is 4.79 Å². The first kappa shape index (κ1) is 17.8. The number of nitrogens with one attached hydrogen (secondary N) is 1. The van der Waals surface area contributed by atoms with Crippen LogP contribution in [-0.2, 0) is 4.79 Å². The second kappa shape index (κ2) is 8.88. The molecule has 0 atom stereocenters. The summed E-state index contributed by atoms with van der Waals surface area (Å²) >= 11 is 1.24. The highest BCUT2D eigenvalue weighted by Gasteiger charge is 2.17. The number of aromatic nitrogens is 1. The molecule has 3 rings (SSSR count). The topological polar surface area (TPSA) is 78.9 Å². The Kier molecular flexibility index (Phi) is 6.07. The third-order valence-corrected chi connectivity index (χ3v) is 4.40. The maximum absolute atomic E-state index is 11.8. The lowest BCUT2D eigenvalue weighted by atomic mass is 10.1. The number of nitriles is 1. The molecule has 0 saturated heterocycles. The molecule has 6 heteroatoms. The Labute approximate surface area is 156 Å². The van der Waals surface area contributed by atoms with E-state index >= 15 is 0 Å². The minimum atomic E-state index is -0.147. The number of hydrogen-bond donors (Lipinski definition) is 1. The lowest BCUT2D eigenvalue weighted by Crippen LogP contribution is -2.25. The van der Waals surface area contributed by atoms with Gasteiger partial charge in [-0.15, -0.1) is 0 Å². The van der Waals surface area contributed by atoms with Crippen molar-refractivity contribution < 1.29 is 9.21 Å². The SMILES string of the molecule is N#CCCNC(=O)CSc1nc(-c2ccccc2)c(-c2ccccc2)o1. The number of amides is 1. The molecule has 0 fully saturated rings. The maximum atomic E-state index is 11.8. The molecule has 2 aromatic carbocycles. The van der Waals surface area contributed by atoms with Gasteiger partial charge in [0.2, 0.25) is 5.91 Å². The monoisotopic (exact) mass is 363 g/mol.